The molecule has 0 saturated carbocycles. The highest BCUT2D eigenvalue weighted by Gasteiger charge is 2.24. The Morgan fingerprint density at radius 2 is 1.68 bits per heavy atom. The number of carbonyl (C=O) groups excluding carboxylic acids is 2. The van der Waals surface area contributed by atoms with Crippen LogP contribution in [0.15, 0.2) is 77.4 Å². The Morgan fingerprint density at radius 3 is 2.35 bits per heavy atom. The minimum absolute atomic E-state index is 0.144. The van der Waals surface area contributed by atoms with Gasteiger partial charge >= 0.3 is 11.9 Å². The maximum absolute atomic E-state index is 12.2. The van der Waals surface area contributed by atoms with Crippen molar-refractivity contribution in [2.45, 2.75) is 6.92 Å². The van der Waals surface area contributed by atoms with Gasteiger partial charge in [-0.2, -0.15) is 0 Å². The van der Waals surface area contributed by atoms with Gasteiger partial charge in [0, 0.05) is 5.56 Å². The van der Waals surface area contributed by atoms with E-state index in [4.69, 9.17) is 32.7 Å². The Bertz CT molecular complexity index is 1230. The van der Waals surface area contributed by atoms with Gasteiger partial charge in [-0.15, -0.1) is 0 Å². The highest BCUT2D eigenvalue weighted by molar-refractivity contribution is 6.42. The predicted molar refractivity (Wildman–Crippen MR) is 120 cm³/mol. The third kappa shape index (κ3) is 4.85. The van der Waals surface area contributed by atoms with E-state index in [-0.39, 0.29) is 11.6 Å². The lowest BCUT2D eigenvalue weighted by molar-refractivity contribution is -0.129. The molecule has 0 bridgehead atoms. The first-order valence-corrected chi connectivity index (χ1v) is 10.0. The number of hydrogen-bond acceptors (Lipinski definition) is 5. The Morgan fingerprint density at radius 1 is 0.968 bits per heavy atom. The minimum atomic E-state index is -0.573. The predicted octanol–water partition coefficient (Wildman–Crippen LogP) is 5.87. The number of hydrogen-bond donors (Lipinski definition) is 0. The van der Waals surface area contributed by atoms with Crippen LogP contribution in [-0.4, -0.2) is 17.8 Å². The second kappa shape index (κ2) is 8.76. The van der Waals surface area contributed by atoms with E-state index >= 15 is 0 Å². The third-order valence-electron chi connectivity index (χ3n) is 4.47. The highest BCUT2D eigenvalue weighted by atomic mass is 35.5. The van der Waals surface area contributed by atoms with Crippen molar-refractivity contribution >= 4 is 47.1 Å². The lowest BCUT2D eigenvalue weighted by Gasteiger charge is -2.05. The Hall–Kier alpha value is -3.41. The number of ether oxygens (including phenoxy) is 2. The van der Waals surface area contributed by atoms with Crippen LogP contribution in [0.25, 0.3) is 6.08 Å². The molecule has 5 nitrogen and oxygen atoms in total. The molecule has 0 saturated heterocycles. The number of benzene rings is 3. The van der Waals surface area contributed by atoms with E-state index in [0.717, 1.165) is 5.56 Å². The molecular formula is C24H15Cl2NO4. The van der Waals surface area contributed by atoms with E-state index in [1.165, 1.54) is 0 Å². The molecule has 0 unspecified atom stereocenters. The normalized spacial score (nSPS) is 14.4. The van der Waals surface area contributed by atoms with Crippen molar-refractivity contribution in [1.29, 1.82) is 0 Å². The van der Waals surface area contributed by atoms with Gasteiger partial charge < -0.3 is 9.47 Å². The summed E-state index contributed by atoms with van der Waals surface area (Å²) in [6.45, 7) is 1.94. The number of halogens is 2. The van der Waals surface area contributed by atoms with Crippen LogP contribution in [0.2, 0.25) is 10.0 Å². The molecule has 154 valence electrons. The average Bonchev–Trinajstić information content (AvgIpc) is 3.12. The molecule has 7 heteroatoms. The Labute approximate surface area is 188 Å². The third-order valence-corrected chi connectivity index (χ3v) is 5.21. The lowest BCUT2D eigenvalue weighted by atomic mass is 10.1. The Balaban J connectivity index is 1.49. The summed E-state index contributed by atoms with van der Waals surface area (Å²) in [5, 5.41) is 0.736. The quantitative estimate of drug-likeness (QED) is 0.282. The van der Waals surface area contributed by atoms with Crippen LogP contribution < -0.4 is 4.74 Å². The largest absolute Gasteiger partial charge is 0.423 e. The molecule has 0 atom stereocenters. The van der Waals surface area contributed by atoms with Crippen LogP contribution in [0.3, 0.4) is 0 Å². The Kier molecular flexibility index (Phi) is 5.89. The number of aliphatic imine (C=N–C) groups is 1. The van der Waals surface area contributed by atoms with Gasteiger partial charge in [-0.1, -0.05) is 53.0 Å². The van der Waals surface area contributed by atoms with Gasteiger partial charge in [-0.3, -0.25) is 0 Å². The van der Waals surface area contributed by atoms with Gasteiger partial charge in [0.15, 0.2) is 5.70 Å². The summed E-state index contributed by atoms with van der Waals surface area (Å²) < 4.78 is 10.6. The van der Waals surface area contributed by atoms with E-state index in [1.54, 1.807) is 60.7 Å². The van der Waals surface area contributed by atoms with Crippen LogP contribution in [0.1, 0.15) is 27.0 Å². The van der Waals surface area contributed by atoms with Gasteiger partial charge in [0.25, 0.3) is 0 Å². The summed E-state index contributed by atoms with van der Waals surface area (Å²) in [6.07, 6.45) is 1.58. The summed E-state index contributed by atoms with van der Waals surface area (Å²) in [7, 11) is 0. The van der Waals surface area contributed by atoms with Crippen molar-refractivity contribution in [1.82, 2.24) is 0 Å². The van der Waals surface area contributed by atoms with Gasteiger partial charge in [0.2, 0.25) is 5.90 Å². The number of aryl methyl sites for hydroxylation is 1. The minimum Gasteiger partial charge on any atom is -0.423 e. The molecule has 0 radical (unpaired) electrons. The summed E-state index contributed by atoms with van der Waals surface area (Å²) in [5.41, 5.74) is 2.91. The monoisotopic (exact) mass is 451 g/mol. The first-order chi connectivity index (χ1) is 14.9. The van der Waals surface area contributed by atoms with Crippen LogP contribution >= 0.6 is 23.2 Å². The molecular weight excluding hydrogens is 437 g/mol. The number of rotatable bonds is 4. The molecule has 31 heavy (non-hydrogen) atoms. The molecule has 0 N–H and O–H groups in total. The number of esters is 2. The molecule has 0 fully saturated rings. The van der Waals surface area contributed by atoms with Crippen LogP contribution in [-0.2, 0) is 9.53 Å². The van der Waals surface area contributed by atoms with Crippen molar-refractivity contribution < 1.29 is 19.1 Å². The first kappa shape index (κ1) is 20.8. The van der Waals surface area contributed by atoms with Crippen molar-refractivity contribution in [2.24, 2.45) is 4.99 Å². The van der Waals surface area contributed by atoms with E-state index in [1.807, 2.05) is 19.1 Å². The fourth-order valence-corrected chi connectivity index (χ4v) is 3.11. The number of nitrogens with zero attached hydrogens (tertiary/aromatic N) is 1. The molecule has 0 aromatic heterocycles. The standard InChI is InChI=1S/C24H15Cl2NO4/c1-14-2-6-16(7-3-14)23(28)30-18-9-4-15(5-10-18)12-21-24(29)31-22(27-21)17-8-11-19(25)20(26)13-17/h2-13H,1H3/b21-12-. The van der Waals surface area contributed by atoms with Gasteiger partial charge in [0.05, 0.1) is 15.6 Å². The molecule has 0 amide bonds. The van der Waals surface area contributed by atoms with Crippen molar-refractivity contribution in [3.63, 3.8) is 0 Å². The lowest BCUT2D eigenvalue weighted by Crippen LogP contribution is -2.08. The molecule has 4 rings (SSSR count). The zero-order valence-electron chi connectivity index (χ0n) is 16.3. The van der Waals surface area contributed by atoms with E-state index < -0.39 is 11.9 Å². The van der Waals surface area contributed by atoms with Crippen molar-refractivity contribution in [2.75, 3.05) is 0 Å². The van der Waals surface area contributed by atoms with Gasteiger partial charge in [-0.25, -0.2) is 14.6 Å². The van der Waals surface area contributed by atoms with Crippen molar-refractivity contribution in [3.8, 4) is 5.75 Å². The smallest absolute Gasteiger partial charge is 0.363 e. The van der Waals surface area contributed by atoms with Crippen LogP contribution in [0, 0.1) is 6.92 Å². The zero-order valence-corrected chi connectivity index (χ0v) is 17.8. The molecule has 3 aromatic rings. The first-order valence-electron chi connectivity index (χ1n) is 9.26. The molecule has 0 aliphatic carbocycles. The fourth-order valence-electron chi connectivity index (χ4n) is 2.81. The second-order valence-electron chi connectivity index (χ2n) is 6.79. The van der Waals surface area contributed by atoms with E-state index in [0.29, 0.717) is 32.5 Å². The van der Waals surface area contributed by atoms with Gasteiger partial charge in [-0.05, 0) is 61.0 Å². The molecule has 0 spiro atoms. The van der Waals surface area contributed by atoms with Crippen LogP contribution in [0.4, 0.5) is 0 Å². The molecule has 1 aliphatic rings. The van der Waals surface area contributed by atoms with E-state index in [2.05, 4.69) is 4.99 Å². The topological polar surface area (TPSA) is 65.0 Å². The van der Waals surface area contributed by atoms with E-state index in [9.17, 15) is 9.59 Å². The summed E-state index contributed by atoms with van der Waals surface area (Å²) in [6, 6.07) is 18.7. The summed E-state index contributed by atoms with van der Waals surface area (Å²) >= 11 is 11.9. The maximum Gasteiger partial charge on any atom is 0.363 e. The van der Waals surface area contributed by atoms with Crippen molar-refractivity contribution in [3.05, 3.63) is 105 Å². The molecule has 1 heterocycles. The fraction of sp³-hybridized carbons (Fsp3) is 0.0417. The zero-order chi connectivity index (χ0) is 22.0. The highest BCUT2D eigenvalue weighted by Crippen LogP contribution is 2.26. The molecule has 1 aliphatic heterocycles. The summed E-state index contributed by atoms with van der Waals surface area (Å²) in [4.78, 5) is 28.6. The number of cyclic esters (lactones) is 1. The summed E-state index contributed by atoms with van der Waals surface area (Å²) in [5.74, 6) is -0.475. The molecule has 3 aromatic carbocycles. The van der Waals surface area contributed by atoms with Crippen LogP contribution in [0.5, 0.6) is 5.75 Å². The SMILES string of the molecule is Cc1ccc(C(=O)Oc2ccc(/C=C3\N=C(c4ccc(Cl)c(Cl)c4)OC3=O)cc2)cc1. The maximum atomic E-state index is 12.2. The average molecular weight is 452 g/mol. The number of carbonyl (C=O) groups is 2. The van der Waals surface area contributed by atoms with Gasteiger partial charge in [0.1, 0.15) is 5.75 Å². The second-order valence-corrected chi connectivity index (χ2v) is 7.60.